The standard InChI is InChI=1S/C26H34N2O3/c29-24-13-11-23(12-14-24)28(18-21-7-4-8-25(30)17-21)26(31)27-22-10-9-20(16-22)15-19-5-2-1-3-6-19/h1-8,17,20,22-24,29-30H,9-16,18H2,(H,27,31). The van der Waals surface area contributed by atoms with E-state index in [-0.39, 0.29) is 30.0 Å². The third kappa shape index (κ3) is 6.01. The van der Waals surface area contributed by atoms with Crippen LogP contribution in [0.4, 0.5) is 4.79 Å². The number of nitrogens with zero attached hydrogens (tertiary/aromatic N) is 1. The zero-order valence-corrected chi connectivity index (χ0v) is 18.1. The van der Waals surface area contributed by atoms with Gasteiger partial charge in [0.05, 0.1) is 6.10 Å². The highest BCUT2D eigenvalue weighted by Crippen LogP contribution is 2.30. The minimum atomic E-state index is -0.254. The molecule has 0 aliphatic heterocycles. The number of hydrogen-bond acceptors (Lipinski definition) is 3. The summed E-state index contributed by atoms with van der Waals surface area (Å²) in [4.78, 5) is 15.2. The van der Waals surface area contributed by atoms with E-state index in [0.717, 1.165) is 56.9 Å². The fourth-order valence-corrected chi connectivity index (χ4v) is 5.18. The number of aliphatic hydroxyl groups is 1. The lowest BCUT2D eigenvalue weighted by Gasteiger charge is -2.36. The molecule has 3 N–H and O–H groups in total. The van der Waals surface area contributed by atoms with Crippen LogP contribution in [0, 0.1) is 5.92 Å². The van der Waals surface area contributed by atoms with Crippen molar-refractivity contribution in [3.63, 3.8) is 0 Å². The third-order valence-corrected chi connectivity index (χ3v) is 6.87. The second-order valence-electron chi connectivity index (χ2n) is 9.28. The molecule has 0 radical (unpaired) electrons. The van der Waals surface area contributed by atoms with Gasteiger partial charge in [-0.15, -0.1) is 0 Å². The zero-order chi connectivity index (χ0) is 21.6. The molecule has 2 aromatic rings. The van der Waals surface area contributed by atoms with Gasteiger partial charge in [-0.25, -0.2) is 4.79 Å². The van der Waals surface area contributed by atoms with Gasteiger partial charge in [0, 0.05) is 18.6 Å². The monoisotopic (exact) mass is 422 g/mol. The molecule has 0 saturated heterocycles. The summed E-state index contributed by atoms with van der Waals surface area (Å²) in [6.07, 6.45) is 7.09. The molecule has 0 bridgehead atoms. The van der Waals surface area contributed by atoms with E-state index >= 15 is 0 Å². The number of aliphatic hydroxyl groups excluding tert-OH is 1. The summed E-state index contributed by atoms with van der Waals surface area (Å²) in [6.45, 7) is 0.473. The Bertz CT molecular complexity index is 849. The molecule has 2 fully saturated rings. The van der Waals surface area contributed by atoms with Crippen LogP contribution in [-0.2, 0) is 13.0 Å². The van der Waals surface area contributed by atoms with Crippen molar-refractivity contribution in [2.45, 2.75) is 76.1 Å². The van der Waals surface area contributed by atoms with Gasteiger partial charge in [0.1, 0.15) is 5.75 Å². The van der Waals surface area contributed by atoms with Gasteiger partial charge < -0.3 is 20.4 Å². The van der Waals surface area contributed by atoms with Crippen LogP contribution in [-0.4, -0.2) is 39.3 Å². The van der Waals surface area contributed by atoms with Crippen molar-refractivity contribution in [1.29, 1.82) is 0 Å². The Balaban J connectivity index is 1.38. The van der Waals surface area contributed by atoms with Crippen LogP contribution in [0.1, 0.15) is 56.1 Å². The van der Waals surface area contributed by atoms with E-state index in [1.165, 1.54) is 5.56 Å². The van der Waals surface area contributed by atoms with Crippen LogP contribution in [0.25, 0.3) is 0 Å². The first-order valence-corrected chi connectivity index (χ1v) is 11.6. The highest BCUT2D eigenvalue weighted by Gasteiger charge is 2.32. The molecule has 4 rings (SSSR count). The summed E-state index contributed by atoms with van der Waals surface area (Å²) in [5.41, 5.74) is 2.29. The Hall–Kier alpha value is -2.53. The molecular weight excluding hydrogens is 388 g/mol. The third-order valence-electron chi connectivity index (χ3n) is 6.87. The predicted octanol–water partition coefficient (Wildman–Crippen LogP) is 4.62. The maximum Gasteiger partial charge on any atom is 0.318 e. The number of benzene rings is 2. The van der Waals surface area contributed by atoms with Crippen LogP contribution in [0.15, 0.2) is 54.6 Å². The van der Waals surface area contributed by atoms with E-state index in [1.807, 2.05) is 23.1 Å². The number of urea groups is 1. The van der Waals surface area contributed by atoms with Gasteiger partial charge in [0.2, 0.25) is 0 Å². The van der Waals surface area contributed by atoms with Crippen LogP contribution in [0.5, 0.6) is 5.75 Å². The Morgan fingerprint density at radius 1 is 0.935 bits per heavy atom. The van der Waals surface area contributed by atoms with Gasteiger partial charge in [-0.1, -0.05) is 42.5 Å². The van der Waals surface area contributed by atoms with Gasteiger partial charge in [0.25, 0.3) is 0 Å². The van der Waals surface area contributed by atoms with Crippen LogP contribution in [0.3, 0.4) is 0 Å². The molecular formula is C26H34N2O3. The summed E-state index contributed by atoms with van der Waals surface area (Å²) in [5.74, 6) is 0.827. The lowest BCUT2D eigenvalue weighted by molar-refractivity contribution is 0.0810. The number of hydrogen-bond donors (Lipinski definition) is 3. The average molecular weight is 423 g/mol. The highest BCUT2D eigenvalue weighted by atomic mass is 16.3. The molecule has 2 unspecified atom stereocenters. The van der Waals surface area contributed by atoms with E-state index < -0.39 is 0 Å². The van der Waals surface area contributed by atoms with E-state index in [1.54, 1.807) is 12.1 Å². The van der Waals surface area contributed by atoms with Gasteiger partial charge in [-0.05, 0) is 80.5 Å². The minimum Gasteiger partial charge on any atom is -0.508 e. The second kappa shape index (κ2) is 10.2. The first-order valence-electron chi connectivity index (χ1n) is 11.6. The van der Waals surface area contributed by atoms with Crippen molar-refractivity contribution in [3.05, 3.63) is 65.7 Å². The highest BCUT2D eigenvalue weighted by molar-refractivity contribution is 5.75. The number of carbonyl (C=O) groups is 1. The number of aromatic hydroxyl groups is 1. The van der Waals surface area contributed by atoms with E-state index in [0.29, 0.717) is 12.5 Å². The van der Waals surface area contributed by atoms with Crippen LogP contribution < -0.4 is 5.32 Å². The maximum atomic E-state index is 13.3. The maximum absolute atomic E-state index is 13.3. The predicted molar refractivity (Wildman–Crippen MR) is 122 cm³/mol. The number of phenols is 1. The molecule has 2 aromatic carbocycles. The Kier molecular flexibility index (Phi) is 7.13. The molecule has 2 amide bonds. The van der Waals surface area contributed by atoms with Gasteiger partial charge in [0.15, 0.2) is 0 Å². The number of amides is 2. The molecule has 2 saturated carbocycles. The minimum absolute atomic E-state index is 0.0184. The Morgan fingerprint density at radius 2 is 1.68 bits per heavy atom. The van der Waals surface area contributed by atoms with Gasteiger partial charge in [-0.3, -0.25) is 0 Å². The first kappa shape index (κ1) is 21.7. The molecule has 166 valence electrons. The molecule has 5 nitrogen and oxygen atoms in total. The largest absolute Gasteiger partial charge is 0.508 e. The zero-order valence-electron chi connectivity index (χ0n) is 18.1. The summed E-state index contributed by atoms with van der Waals surface area (Å²) in [5, 5.41) is 23.0. The Labute approximate surface area is 185 Å². The second-order valence-corrected chi connectivity index (χ2v) is 9.28. The van der Waals surface area contributed by atoms with E-state index in [2.05, 4.69) is 29.6 Å². The van der Waals surface area contributed by atoms with E-state index in [4.69, 9.17) is 0 Å². The van der Waals surface area contributed by atoms with Crippen molar-refractivity contribution >= 4 is 6.03 Å². The normalized spacial score (nSPS) is 25.8. The molecule has 2 atom stereocenters. The molecule has 5 heteroatoms. The first-order chi connectivity index (χ1) is 15.1. The van der Waals surface area contributed by atoms with Crippen molar-refractivity contribution < 1.29 is 15.0 Å². The van der Waals surface area contributed by atoms with Crippen molar-refractivity contribution in [2.24, 2.45) is 5.92 Å². The quantitative estimate of drug-likeness (QED) is 0.636. The van der Waals surface area contributed by atoms with Crippen molar-refractivity contribution in [1.82, 2.24) is 10.2 Å². The SMILES string of the molecule is O=C(NC1CCC(Cc2ccccc2)C1)N(Cc1cccc(O)c1)C1CCC(O)CC1. The topological polar surface area (TPSA) is 72.8 Å². The summed E-state index contributed by atoms with van der Waals surface area (Å²) in [6, 6.07) is 18.0. The van der Waals surface area contributed by atoms with Crippen LogP contribution in [0.2, 0.25) is 0 Å². The Morgan fingerprint density at radius 3 is 2.42 bits per heavy atom. The van der Waals surface area contributed by atoms with E-state index in [9.17, 15) is 15.0 Å². The summed E-state index contributed by atoms with van der Waals surface area (Å²) >= 11 is 0. The smallest absolute Gasteiger partial charge is 0.318 e. The number of nitrogens with one attached hydrogen (secondary N) is 1. The summed E-state index contributed by atoms with van der Waals surface area (Å²) < 4.78 is 0. The molecule has 0 heterocycles. The molecule has 0 aromatic heterocycles. The molecule has 31 heavy (non-hydrogen) atoms. The molecule has 2 aliphatic carbocycles. The van der Waals surface area contributed by atoms with Crippen molar-refractivity contribution in [3.8, 4) is 5.75 Å². The lowest BCUT2D eigenvalue weighted by Crippen LogP contribution is -2.49. The number of rotatable bonds is 6. The van der Waals surface area contributed by atoms with Crippen molar-refractivity contribution in [2.75, 3.05) is 0 Å². The average Bonchev–Trinajstić information content (AvgIpc) is 3.20. The summed E-state index contributed by atoms with van der Waals surface area (Å²) in [7, 11) is 0. The lowest BCUT2D eigenvalue weighted by atomic mass is 9.92. The van der Waals surface area contributed by atoms with Gasteiger partial charge >= 0.3 is 6.03 Å². The number of carbonyl (C=O) groups excluding carboxylic acids is 1. The van der Waals surface area contributed by atoms with Crippen LogP contribution >= 0.6 is 0 Å². The van der Waals surface area contributed by atoms with Gasteiger partial charge in [-0.2, -0.15) is 0 Å². The molecule has 2 aliphatic rings. The number of phenolic OH excluding ortho intramolecular Hbond substituents is 1. The fraction of sp³-hybridized carbons (Fsp3) is 0.500. The molecule has 0 spiro atoms. The fourth-order valence-electron chi connectivity index (χ4n) is 5.18.